The van der Waals surface area contributed by atoms with Crippen molar-refractivity contribution in [1.82, 2.24) is 0 Å². The van der Waals surface area contributed by atoms with Gasteiger partial charge in [-0.05, 0) is 28.1 Å². The molecule has 0 bridgehead atoms. The van der Waals surface area contributed by atoms with Gasteiger partial charge in [0.05, 0.1) is 15.3 Å². The van der Waals surface area contributed by atoms with Crippen LogP contribution in [0, 0.1) is 0 Å². The number of hydrogen-bond donors (Lipinski definition) is 0. The fraction of sp³-hybridized carbons (Fsp3) is 0. The Labute approximate surface area is 128 Å². The fourth-order valence-corrected chi connectivity index (χ4v) is 6.14. The van der Waals surface area contributed by atoms with Crippen LogP contribution in [-0.4, -0.2) is 4.21 Å². The smallest absolute Gasteiger partial charge is 0.0766 e. The second-order valence-electron chi connectivity index (χ2n) is 4.96. The standard InChI is InChI=1S/C18H13OPS/c19-21-17-12-6-10-14(13-7-2-1-3-8-13)18(17)15-9-4-5-11-16(15)20-21/h1-12,20H. The van der Waals surface area contributed by atoms with Crippen LogP contribution in [0.15, 0.2) is 77.7 Å². The highest BCUT2D eigenvalue weighted by molar-refractivity contribution is 8.42. The molecule has 0 aliphatic carbocycles. The number of fused-ring (bicyclic) bond motifs is 3. The summed E-state index contributed by atoms with van der Waals surface area (Å²) in [6.07, 6.45) is 0. The van der Waals surface area contributed by atoms with Gasteiger partial charge in [-0.15, -0.1) is 0 Å². The van der Waals surface area contributed by atoms with Crippen molar-refractivity contribution in [3.05, 3.63) is 72.8 Å². The Balaban J connectivity index is 2.06. The van der Waals surface area contributed by atoms with Crippen molar-refractivity contribution >= 4 is 23.5 Å². The average molecular weight is 308 g/mol. The van der Waals surface area contributed by atoms with Crippen molar-refractivity contribution in [3.63, 3.8) is 0 Å². The van der Waals surface area contributed by atoms with E-state index < -0.39 is 10.4 Å². The third kappa shape index (κ3) is 2.16. The molecule has 102 valence electrons. The van der Waals surface area contributed by atoms with E-state index >= 15 is 0 Å². The normalized spacial score (nSPS) is 17.2. The number of hydrogen-bond acceptors (Lipinski definition) is 1. The zero-order valence-corrected chi connectivity index (χ0v) is 13.1. The maximum Gasteiger partial charge on any atom is 0.0766 e. The Hall–Kier alpha value is -1.76. The minimum absolute atomic E-state index is 0.340. The molecule has 0 N–H and O–H groups in total. The summed E-state index contributed by atoms with van der Waals surface area (Å²) in [4.78, 5) is 0.966. The van der Waals surface area contributed by atoms with Gasteiger partial charge >= 0.3 is 0 Å². The van der Waals surface area contributed by atoms with E-state index in [0.717, 1.165) is 10.5 Å². The summed E-state index contributed by atoms with van der Waals surface area (Å²) in [7, 11) is -0.593. The Morgan fingerprint density at radius 1 is 0.714 bits per heavy atom. The molecule has 0 aromatic heterocycles. The Kier molecular flexibility index (Phi) is 3.21. The van der Waals surface area contributed by atoms with E-state index in [9.17, 15) is 4.21 Å². The molecule has 0 fully saturated rings. The van der Waals surface area contributed by atoms with Gasteiger partial charge < -0.3 is 0 Å². The molecule has 0 spiro atoms. The van der Waals surface area contributed by atoms with Gasteiger partial charge in [0.15, 0.2) is 0 Å². The quantitative estimate of drug-likeness (QED) is 0.610. The van der Waals surface area contributed by atoms with Crippen LogP contribution >= 0.6 is 7.78 Å². The van der Waals surface area contributed by atoms with Crippen molar-refractivity contribution in [1.29, 1.82) is 0 Å². The zero-order chi connectivity index (χ0) is 14.2. The summed E-state index contributed by atoms with van der Waals surface area (Å²) in [5.74, 6) is 0. The first-order valence-corrected chi connectivity index (χ1v) is 9.68. The lowest BCUT2D eigenvalue weighted by Gasteiger charge is -2.22. The topological polar surface area (TPSA) is 17.1 Å². The molecule has 3 heteroatoms. The maximum absolute atomic E-state index is 12.6. The molecule has 1 aliphatic heterocycles. The Morgan fingerprint density at radius 3 is 2.29 bits per heavy atom. The number of rotatable bonds is 1. The van der Waals surface area contributed by atoms with E-state index in [1.165, 1.54) is 22.0 Å². The molecule has 3 aromatic rings. The van der Waals surface area contributed by atoms with Crippen LogP contribution in [0.4, 0.5) is 0 Å². The minimum Gasteiger partial charge on any atom is -0.250 e. The molecule has 2 unspecified atom stereocenters. The third-order valence-corrected chi connectivity index (χ3v) is 7.17. The number of benzene rings is 3. The molecule has 0 saturated carbocycles. The largest absolute Gasteiger partial charge is 0.250 e. The maximum atomic E-state index is 12.6. The fourth-order valence-electron chi connectivity index (χ4n) is 2.77. The molecule has 1 nitrogen and oxygen atoms in total. The SMILES string of the molecule is O=S1Pc2ccccc2-c2c(-c3ccccc3)cccc21. The van der Waals surface area contributed by atoms with Gasteiger partial charge in [0.1, 0.15) is 0 Å². The van der Waals surface area contributed by atoms with Crippen LogP contribution in [0.1, 0.15) is 0 Å². The Morgan fingerprint density at radius 2 is 1.43 bits per heavy atom. The average Bonchev–Trinajstić information content (AvgIpc) is 2.55. The van der Waals surface area contributed by atoms with Gasteiger partial charge in [0.25, 0.3) is 0 Å². The van der Waals surface area contributed by atoms with Gasteiger partial charge in [-0.3, -0.25) is 0 Å². The predicted molar refractivity (Wildman–Crippen MR) is 91.7 cm³/mol. The zero-order valence-electron chi connectivity index (χ0n) is 11.2. The lowest BCUT2D eigenvalue weighted by molar-refractivity contribution is 0.691. The molecule has 0 radical (unpaired) electrons. The summed E-state index contributed by atoms with van der Waals surface area (Å²) in [6.45, 7) is 0. The van der Waals surface area contributed by atoms with Crippen molar-refractivity contribution in [3.8, 4) is 22.3 Å². The van der Waals surface area contributed by atoms with Crippen LogP contribution in [0.2, 0.25) is 0 Å². The third-order valence-electron chi connectivity index (χ3n) is 3.71. The van der Waals surface area contributed by atoms with Gasteiger partial charge in [-0.25, -0.2) is 4.21 Å². The molecular weight excluding hydrogens is 295 g/mol. The van der Waals surface area contributed by atoms with Crippen molar-refractivity contribution in [2.24, 2.45) is 0 Å². The van der Waals surface area contributed by atoms with Gasteiger partial charge in [-0.1, -0.05) is 66.7 Å². The second kappa shape index (κ2) is 5.22. The lowest BCUT2D eigenvalue weighted by atomic mass is 9.94. The molecular formula is C18H13OPS. The van der Waals surface area contributed by atoms with Crippen LogP contribution in [0.25, 0.3) is 22.3 Å². The molecule has 2 atom stereocenters. The first-order valence-electron chi connectivity index (χ1n) is 6.81. The van der Waals surface area contributed by atoms with Crippen molar-refractivity contribution in [2.45, 2.75) is 4.90 Å². The van der Waals surface area contributed by atoms with E-state index in [2.05, 4.69) is 36.4 Å². The van der Waals surface area contributed by atoms with Crippen LogP contribution < -0.4 is 5.30 Å². The Bertz CT molecular complexity index is 843. The molecule has 21 heavy (non-hydrogen) atoms. The van der Waals surface area contributed by atoms with Crippen LogP contribution in [0.3, 0.4) is 0 Å². The summed E-state index contributed by atoms with van der Waals surface area (Å²) < 4.78 is 12.6. The van der Waals surface area contributed by atoms with E-state index in [0.29, 0.717) is 7.78 Å². The van der Waals surface area contributed by atoms with Gasteiger partial charge in [0, 0.05) is 13.3 Å². The first kappa shape index (κ1) is 12.9. The minimum atomic E-state index is -0.933. The van der Waals surface area contributed by atoms with Crippen LogP contribution in [-0.2, 0) is 10.4 Å². The predicted octanol–water partition coefficient (Wildman–Crippen LogP) is 4.36. The monoisotopic (exact) mass is 308 g/mol. The molecule has 0 saturated heterocycles. The van der Waals surface area contributed by atoms with E-state index in [4.69, 9.17) is 0 Å². The van der Waals surface area contributed by atoms with Crippen LogP contribution in [0.5, 0.6) is 0 Å². The lowest BCUT2D eigenvalue weighted by Crippen LogP contribution is -2.09. The molecule has 3 aromatic carbocycles. The van der Waals surface area contributed by atoms with Crippen molar-refractivity contribution < 1.29 is 4.21 Å². The summed E-state index contributed by atoms with van der Waals surface area (Å²) in [5, 5.41) is 1.20. The summed E-state index contributed by atoms with van der Waals surface area (Å²) in [5.41, 5.74) is 4.70. The second-order valence-corrected chi connectivity index (χ2v) is 8.41. The van der Waals surface area contributed by atoms with E-state index in [-0.39, 0.29) is 0 Å². The summed E-state index contributed by atoms with van der Waals surface area (Å²) in [6, 6.07) is 24.8. The highest BCUT2D eigenvalue weighted by Gasteiger charge is 2.24. The molecule has 4 rings (SSSR count). The molecule has 0 amide bonds. The van der Waals surface area contributed by atoms with Gasteiger partial charge in [-0.2, -0.15) is 0 Å². The molecule has 1 heterocycles. The van der Waals surface area contributed by atoms with Gasteiger partial charge in [0.2, 0.25) is 0 Å². The van der Waals surface area contributed by atoms with Crippen molar-refractivity contribution in [2.75, 3.05) is 0 Å². The summed E-state index contributed by atoms with van der Waals surface area (Å²) >= 11 is 0. The van der Waals surface area contributed by atoms with E-state index in [1.54, 1.807) is 0 Å². The first-order chi connectivity index (χ1) is 10.3. The van der Waals surface area contributed by atoms with E-state index in [1.807, 2.05) is 36.4 Å². The molecule has 1 aliphatic rings. The highest BCUT2D eigenvalue weighted by atomic mass is 32.7. The highest BCUT2D eigenvalue weighted by Crippen LogP contribution is 2.44.